The molecule has 1 aromatic carbocycles. The van der Waals surface area contributed by atoms with Crippen LogP contribution >= 0.6 is 0 Å². The van der Waals surface area contributed by atoms with E-state index in [4.69, 9.17) is 4.74 Å². The summed E-state index contributed by atoms with van der Waals surface area (Å²) in [4.78, 5) is 2.48. The molecule has 0 radical (unpaired) electrons. The first-order valence-corrected chi connectivity index (χ1v) is 7.81. The molecule has 0 bridgehead atoms. The van der Waals surface area contributed by atoms with Gasteiger partial charge in [0.25, 0.3) is 0 Å². The van der Waals surface area contributed by atoms with Crippen LogP contribution in [0.2, 0.25) is 0 Å². The third kappa shape index (κ3) is 4.22. The molecule has 112 valence electrons. The van der Waals surface area contributed by atoms with Crippen molar-refractivity contribution in [1.82, 2.24) is 10.2 Å². The Morgan fingerprint density at radius 2 is 2.05 bits per heavy atom. The van der Waals surface area contributed by atoms with Crippen LogP contribution in [0.25, 0.3) is 0 Å². The van der Waals surface area contributed by atoms with Crippen LogP contribution in [0.15, 0.2) is 24.3 Å². The van der Waals surface area contributed by atoms with E-state index < -0.39 is 0 Å². The van der Waals surface area contributed by atoms with E-state index in [-0.39, 0.29) is 0 Å². The third-order valence-electron chi connectivity index (χ3n) is 4.45. The molecule has 2 atom stereocenters. The molecule has 2 rings (SSSR count). The minimum absolute atomic E-state index is 0.389. The van der Waals surface area contributed by atoms with E-state index in [1.165, 1.54) is 31.4 Å². The van der Waals surface area contributed by atoms with Gasteiger partial charge in [-0.2, -0.15) is 0 Å². The van der Waals surface area contributed by atoms with Gasteiger partial charge in [0.05, 0.1) is 6.61 Å². The fourth-order valence-corrected chi connectivity index (χ4v) is 2.84. The van der Waals surface area contributed by atoms with Gasteiger partial charge >= 0.3 is 0 Å². The fraction of sp³-hybridized carbons (Fsp3) is 0.647. The van der Waals surface area contributed by atoms with Gasteiger partial charge in [-0.1, -0.05) is 18.6 Å². The third-order valence-corrected chi connectivity index (χ3v) is 4.45. The Balaban J connectivity index is 1.76. The Bertz CT molecular complexity index is 390. The van der Waals surface area contributed by atoms with Crippen LogP contribution in [0.3, 0.4) is 0 Å². The maximum absolute atomic E-state index is 5.88. The van der Waals surface area contributed by atoms with E-state index in [1.54, 1.807) is 0 Å². The molecule has 1 aromatic rings. The number of nitrogens with zero attached hydrogens (tertiary/aromatic N) is 1. The Morgan fingerprint density at radius 1 is 1.30 bits per heavy atom. The molecule has 0 spiro atoms. The molecule has 0 aliphatic carbocycles. The summed E-state index contributed by atoms with van der Waals surface area (Å²) >= 11 is 0. The fourth-order valence-electron chi connectivity index (χ4n) is 2.84. The first kappa shape index (κ1) is 15.3. The zero-order valence-corrected chi connectivity index (χ0v) is 13.1. The molecule has 3 heteroatoms. The SMILES string of the molecule is CNC(C)c1ccc(OCCC2CCCCN2C)cc1. The van der Waals surface area contributed by atoms with Crippen LogP contribution in [-0.2, 0) is 0 Å². The molecule has 3 nitrogen and oxygen atoms in total. The highest BCUT2D eigenvalue weighted by Crippen LogP contribution is 2.20. The van der Waals surface area contributed by atoms with Crippen LogP contribution in [-0.4, -0.2) is 38.2 Å². The number of ether oxygens (including phenoxy) is 1. The first-order valence-electron chi connectivity index (χ1n) is 7.81. The lowest BCUT2D eigenvalue weighted by Gasteiger charge is -2.32. The van der Waals surface area contributed by atoms with Crippen LogP contribution in [0.5, 0.6) is 5.75 Å². The number of rotatable bonds is 6. The second kappa shape index (κ2) is 7.65. The van der Waals surface area contributed by atoms with Crippen molar-refractivity contribution in [2.24, 2.45) is 0 Å². The van der Waals surface area contributed by atoms with Gasteiger partial charge in [0.15, 0.2) is 0 Å². The Labute approximate surface area is 123 Å². The number of hydrogen-bond acceptors (Lipinski definition) is 3. The van der Waals surface area contributed by atoms with Gasteiger partial charge in [0.1, 0.15) is 5.75 Å². The molecule has 0 saturated carbocycles. The zero-order chi connectivity index (χ0) is 14.4. The molecule has 1 aliphatic heterocycles. The quantitative estimate of drug-likeness (QED) is 0.863. The monoisotopic (exact) mass is 276 g/mol. The molecule has 0 amide bonds. The summed E-state index contributed by atoms with van der Waals surface area (Å²) < 4.78 is 5.88. The second-order valence-corrected chi connectivity index (χ2v) is 5.85. The predicted octanol–water partition coefficient (Wildman–Crippen LogP) is 3.22. The standard InChI is InChI=1S/C17H28N2O/c1-14(18-2)15-7-9-17(10-8-15)20-13-11-16-6-4-5-12-19(16)3/h7-10,14,16,18H,4-6,11-13H2,1-3H3. The highest BCUT2D eigenvalue weighted by Gasteiger charge is 2.18. The Hall–Kier alpha value is -1.06. The Kier molecular flexibility index (Phi) is 5.86. The predicted molar refractivity (Wildman–Crippen MR) is 84.3 cm³/mol. The molecule has 1 N–H and O–H groups in total. The van der Waals surface area contributed by atoms with Gasteiger partial charge in [0, 0.05) is 12.1 Å². The molecule has 2 unspecified atom stereocenters. The average Bonchev–Trinajstić information content (AvgIpc) is 2.49. The Morgan fingerprint density at radius 3 is 2.70 bits per heavy atom. The number of piperidine rings is 1. The minimum Gasteiger partial charge on any atom is -0.494 e. The summed E-state index contributed by atoms with van der Waals surface area (Å²) in [6.07, 6.45) is 5.16. The van der Waals surface area contributed by atoms with E-state index in [9.17, 15) is 0 Å². The van der Waals surface area contributed by atoms with Crippen molar-refractivity contribution in [1.29, 1.82) is 0 Å². The summed E-state index contributed by atoms with van der Waals surface area (Å²) in [5.74, 6) is 0.982. The lowest BCUT2D eigenvalue weighted by molar-refractivity contribution is 0.153. The largest absolute Gasteiger partial charge is 0.494 e. The number of nitrogens with one attached hydrogen (secondary N) is 1. The van der Waals surface area contributed by atoms with E-state index in [0.717, 1.165) is 18.8 Å². The lowest BCUT2D eigenvalue weighted by Crippen LogP contribution is -2.37. The van der Waals surface area contributed by atoms with Gasteiger partial charge in [-0.25, -0.2) is 0 Å². The molecule has 0 aromatic heterocycles. The highest BCUT2D eigenvalue weighted by molar-refractivity contribution is 5.28. The van der Waals surface area contributed by atoms with Crippen molar-refractivity contribution in [3.05, 3.63) is 29.8 Å². The molecule has 20 heavy (non-hydrogen) atoms. The summed E-state index contributed by atoms with van der Waals surface area (Å²) in [6, 6.07) is 9.53. The number of hydrogen-bond donors (Lipinski definition) is 1. The first-order chi connectivity index (χ1) is 9.70. The van der Waals surface area contributed by atoms with E-state index in [0.29, 0.717) is 12.1 Å². The summed E-state index contributed by atoms with van der Waals surface area (Å²) in [5.41, 5.74) is 1.30. The van der Waals surface area contributed by atoms with Crippen LogP contribution in [0, 0.1) is 0 Å². The van der Waals surface area contributed by atoms with E-state index in [1.807, 2.05) is 7.05 Å². The van der Waals surface area contributed by atoms with Gasteiger partial charge in [-0.05, 0) is 64.5 Å². The smallest absolute Gasteiger partial charge is 0.119 e. The van der Waals surface area contributed by atoms with Gasteiger partial charge in [-0.3, -0.25) is 0 Å². The van der Waals surface area contributed by atoms with E-state index >= 15 is 0 Å². The number of likely N-dealkylation sites (tertiary alicyclic amines) is 1. The lowest BCUT2D eigenvalue weighted by atomic mass is 10.0. The normalized spacial score (nSPS) is 21.6. The molecular weight excluding hydrogens is 248 g/mol. The molecule has 1 heterocycles. The summed E-state index contributed by atoms with van der Waals surface area (Å²) in [7, 11) is 4.22. The van der Waals surface area contributed by atoms with Gasteiger partial charge < -0.3 is 15.0 Å². The molecule has 1 fully saturated rings. The van der Waals surface area contributed by atoms with Crippen molar-refractivity contribution >= 4 is 0 Å². The van der Waals surface area contributed by atoms with Crippen molar-refractivity contribution in [3.8, 4) is 5.75 Å². The van der Waals surface area contributed by atoms with E-state index in [2.05, 4.69) is 48.5 Å². The average molecular weight is 276 g/mol. The van der Waals surface area contributed by atoms with Crippen molar-refractivity contribution in [2.75, 3.05) is 27.2 Å². The summed E-state index contributed by atoms with van der Waals surface area (Å²) in [6.45, 7) is 4.21. The molecular formula is C17H28N2O. The molecule has 1 aliphatic rings. The van der Waals surface area contributed by atoms with Crippen molar-refractivity contribution < 1.29 is 4.74 Å². The van der Waals surface area contributed by atoms with Gasteiger partial charge in [-0.15, -0.1) is 0 Å². The topological polar surface area (TPSA) is 24.5 Å². The van der Waals surface area contributed by atoms with Gasteiger partial charge in [0.2, 0.25) is 0 Å². The highest BCUT2D eigenvalue weighted by atomic mass is 16.5. The number of benzene rings is 1. The van der Waals surface area contributed by atoms with Crippen LogP contribution in [0.1, 0.15) is 44.2 Å². The van der Waals surface area contributed by atoms with Crippen LogP contribution < -0.4 is 10.1 Å². The van der Waals surface area contributed by atoms with Crippen LogP contribution in [0.4, 0.5) is 0 Å². The second-order valence-electron chi connectivity index (χ2n) is 5.85. The maximum atomic E-state index is 5.88. The minimum atomic E-state index is 0.389. The summed E-state index contributed by atoms with van der Waals surface area (Å²) in [5, 5.41) is 3.25. The maximum Gasteiger partial charge on any atom is 0.119 e. The molecule has 1 saturated heterocycles. The zero-order valence-electron chi connectivity index (χ0n) is 13.1. The van der Waals surface area contributed by atoms with Crippen molar-refractivity contribution in [2.45, 2.75) is 44.7 Å². The van der Waals surface area contributed by atoms with Crippen molar-refractivity contribution in [3.63, 3.8) is 0 Å².